The van der Waals surface area contributed by atoms with Crippen LogP contribution in [0.25, 0.3) is 0 Å². The Kier molecular flexibility index (Phi) is 5.84. The summed E-state index contributed by atoms with van der Waals surface area (Å²) in [4.78, 5) is 14.4. The van der Waals surface area contributed by atoms with Gasteiger partial charge in [0, 0.05) is 18.9 Å². The molecule has 0 radical (unpaired) electrons. The van der Waals surface area contributed by atoms with E-state index in [2.05, 4.69) is 39.6 Å². The second-order valence-electron chi connectivity index (χ2n) is 7.12. The third-order valence-electron chi connectivity index (χ3n) is 4.41. The number of Topliss-reactive ketones (excluding diaryl/α,β-unsaturated/α-hetero) is 1. The third kappa shape index (κ3) is 4.72. The van der Waals surface area contributed by atoms with Crippen LogP contribution in [0.15, 0.2) is 0 Å². The molecule has 1 aliphatic rings. The van der Waals surface area contributed by atoms with Crippen LogP contribution in [0.2, 0.25) is 0 Å². The summed E-state index contributed by atoms with van der Waals surface area (Å²) in [5.74, 6) is 1.49. The van der Waals surface area contributed by atoms with E-state index in [-0.39, 0.29) is 5.92 Å². The molecule has 0 spiro atoms. The fourth-order valence-electron chi connectivity index (χ4n) is 2.97. The largest absolute Gasteiger partial charge is 0.306 e. The zero-order valence-electron chi connectivity index (χ0n) is 13.0. The van der Waals surface area contributed by atoms with E-state index in [1.165, 1.54) is 12.8 Å². The summed E-state index contributed by atoms with van der Waals surface area (Å²) in [7, 11) is 2.16. The van der Waals surface area contributed by atoms with Crippen molar-refractivity contribution in [2.75, 3.05) is 20.1 Å². The zero-order valence-corrected chi connectivity index (χ0v) is 13.0. The molecule has 0 aliphatic heterocycles. The Morgan fingerprint density at radius 2 is 2.00 bits per heavy atom. The fourth-order valence-corrected chi connectivity index (χ4v) is 2.97. The summed E-state index contributed by atoms with van der Waals surface area (Å²) in [6.07, 6.45) is 5.46. The van der Waals surface area contributed by atoms with Gasteiger partial charge < -0.3 is 4.90 Å². The monoisotopic (exact) mass is 253 g/mol. The minimum absolute atomic E-state index is 0.282. The molecule has 0 aromatic carbocycles. The first-order valence-electron chi connectivity index (χ1n) is 7.55. The predicted molar refractivity (Wildman–Crippen MR) is 77.7 cm³/mol. The van der Waals surface area contributed by atoms with Gasteiger partial charge in [0.1, 0.15) is 5.78 Å². The molecule has 0 aromatic rings. The van der Waals surface area contributed by atoms with Gasteiger partial charge in [0.25, 0.3) is 0 Å². The lowest BCUT2D eigenvalue weighted by Crippen LogP contribution is -2.38. The maximum absolute atomic E-state index is 12.0. The number of carbonyl (C=O) groups is 1. The molecule has 2 atom stereocenters. The Hall–Kier alpha value is -0.370. The van der Waals surface area contributed by atoms with E-state index in [1.54, 1.807) is 0 Å². The highest BCUT2D eigenvalue weighted by atomic mass is 16.1. The first-order chi connectivity index (χ1) is 8.34. The van der Waals surface area contributed by atoms with Gasteiger partial charge in [-0.05, 0) is 44.2 Å². The smallest absolute Gasteiger partial charge is 0.137 e. The zero-order chi connectivity index (χ0) is 13.8. The van der Waals surface area contributed by atoms with Crippen molar-refractivity contribution in [3.05, 3.63) is 0 Å². The van der Waals surface area contributed by atoms with Gasteiger partial charge in [0.2, 0.25) is 0 Å². The van der Waals surface area contributed by atoms with Gasteiger partial charge in [-0.1, -0.05) is 34.1 Å². The van der Waals surface area contributed by atoms with Crippen LogP contribution < -0.4 is 0 Å². The standard InChI is InChI=1S/C16H31NO/c1-6-7-10-17(5)12-13-11-14(16(2,3)4)8-9-15(13)18/h13-14H,6-12H2,1-5H3. The molecular weight excluding hydrogens is 222 g/mol. The first-order valence-corrected chi connectivity index (χ1v) is 7.55. The minimum atomic E-state index is 0.282. The molecule has 0 aromatic heterocycles. The van der Waals surface area contributed by atoms with Crippen molar-refractivity contribution in [2.24, 2.45) is 17.3 Å². The molecule has 0 amide bonds. The lowest BCUT2D eigenvalue weighted by atomic mass is 9.68. The third-order valence-corrected chi connectivity index (χ3v) is 4.41. The number of hydrogen-bond donors (Lipinski definition) is 0. The number of carbonyl (C=O) groups excluding carboxylic acids is 1. The molecule has 2 heteroatoms. The SMILES string of the molecule is CCCCN(C)CC1CC(C(C)(C)C)CCC1=O. The summed E-state index contributed by atoms with van der Waals surface area (Å²) < 4.78 is 0. The molecule has 0 heterocycles. The van der Waals surface area contributed by atoms with Gasteiger partial charge in [0.05, 0.1) is 0 Å². The average Bonchev–Trinajstić information content (AvgIpc) is 2.28. The summed E-state index contributed by atoms with van der Waals surface area (Å²) in [5.41, 5.74) is 0.348. The Labute approximate surface area is 113 Å². The molecular formula is C16H31NO. The number of hydrogen-bond acceptors (Lipinski definition) is 2. The van der Waals surface area contributed by atoms with Gasteiger partial charge in [-0.25, -0.2) is 0 Å². The van der Waals surface area contributed by atoms with Crippen LogP contribution in [0.5, 0.6) is 0 Å². The van der Waals surface area contributed by atoms with Crippen molar-refractivity contribution in [2.45, 2.75) is 59.8 Å². The van der Waals surface area contributed by atoms with Gasteiger partial charge in [0.15, 0.2) is 0 Å². The predicted octanol–water partition coefficient (Wildman–Crippen LogP) is 3.75. The normalized spacial score (nSPS) is 25.8. The number of ketones is 1. The van der Waals surface area contributed by atoms with Gasteiger partial charge >= 0.3 is 0 Å². The molecule has 0 bridgehead atoms. The highest BCUT2D eigenvalue weighted by Gasteiger charge is 2.35. The van der Waals surface area contributed by atoms with Crippen molar-refractivity contribution >= 4 is 5.78 Å². The highest BCUT2D eigenvalue weighted by Crippen LogP contribution is 2.39. The molecule has 1 saturated carbocycles. The average molecular weight is 253 g/mol. The van der Waals surface area contributed by atoms with Crippen LogP contribution in [0.4, 0.5) is 0 Å². The number of rotatable bonds is 5. The fraction of sp³-hybridized carbons (Fsp3) is 0.938. The van der Waals surface area contributed by atoms with Crippen molar-refractivity contribution in [3.8, 4) is 0 Å². The Morgan fingerprint density at radius 1 is 1.33 bits per heavy atom. The molecule has 0 saturated heterocycles. The second kappa shape index (κ2) is 6.70. The van der Waals surface area contributed by atoms with E-state index in [9.17, 15) is 4.79 Å². The molecule has 0 N–H and O–H groups in total. The lowest BCUT2D eigenvalue weighted by molar-refractivity contribution is -0.127. The highest BCUT2D eigenvalue weighted by molar-refractivity contribution is 5.82. The van der Waals surface area contributed by atoms with Crippen LogP contribution in [0.3, 0.4) is 0 Å². The van der Waals surface area contributed by atoms with Crippen molar-refractivity contribution in [3.63, 3.8) is 0 Å². The van der Waals surface area contributed by atoms with Crippen LogP contribution in [0.1, 0.15) is 59.8 Å². The Morgan fingerprint density at radius 3 is 2.56 bits per heavy atom. The van der Waals surface area contributed by atoms with Crippen molar-refractivity contribution in [1.82, 2.24) is 4.90 Å². The van der Waals surface area contributed by atoms with Crippen LogP contribution in [0, 0.1) is 17.3 Å². The van der Waals surface area contributed by atoms with Gasteiger partial charge in [-0.3, -0.25) is 4.79 Å². The van der Waals surface area contributed by atoms with Gasteiger partial charge in [-0.15, -0.1) is 0 Å². The molecule has 1 aliphatic carbocycles. The maximum Gasteiger partial charge on any atom is 0.137 e. The topological polar surface area (TPSA) is 20.3 Å². The molecule has 2 nitrogen and oxygen atoms in total. The van der Waals surface area contributed by atoms with Crippen molar-refractivity contribution < 1.29 is 4.79 Å². The lowest BCUT2D eigenvalue weighted by Gasteiger charge is -2.38. The van der Waals surface area contributed by atoms with E-state index in [1.807, 2.05) is 0 Å². The molecule has 106 valence electrons. The van der Waals surface area contributed by atoms with Crippen LogP contribution in [-0.4, -0.2) is 30.8 Å². The van der Waals surface area contributed by atoms with Crippen LogP contribution in [-0.2, 0) is 4.79 Å². The summed E-state index contributed by atoms with van der Waals surface area (Å²) in [6.45, 7) is 11.2. The second-order valence-corrected chi connectivity index (χ2v) is 7.12. The maximum atomic E-state index is 12.0. The minimum Gasteiger partial charge on any atom is -0.306 e. The van der Waals surface area contributed by atoms with E-state index in [0.717, 1.165) is 32.4 Å². The summed E-state index contributed by atoms with van der Waals surface area (Å²) >= 11 is 0. The molecule has 2 unspecified atom stereocenters. The first kappa shape index (κ1) is 15.7. The molecule has 1 rings (SSSR count). The summed E-state index contributed by atoms with van der Waals surface area (Å²) in [6, 6.07) is 0. The number of nitrogens with zero attached hydrogens (tertiary/aromatic N) is 1. The van der Waals surface area contributed by atoms with Crippen molar-refractivity contribution in [1.29, 1.82) is 0 Å². The molecule has 1 fully saturated rings. The quantitative estimate of drug-likeness (QED) is 0.743. The summed E-state index contributed by atoms with van der Waals surface area (Å²) in [5, 5.41) is 0. The Balaban J connectivity index is 2.49. The van der Waals surface area contributed by atoms with E-state index < -0.39 is 0 Å². The van der Waals surface area contributed by atoms with Crippen LogP contribution >= 0.6 is 0 Å². The van der Waals surface area contributed by atoms with E-state index in [4.69, 9.17) is 0 Å². The van der Waals surface area contributed by atoms with E-state index in [0.29, 0.717) is 17.1 Å². The molecule has 18 heavy (non-hydrogen) atoms. The van der Waals surface area contributed by atoms with E-state index >= 15 is 0 Å². The Bertz CT molecular complexity index is 267. The van der Waals surface area contributed by atoms with Gasteiger partial charge in [-0.2, -0.15) is 0 Å². The number of unbranched alkanes of at least 4 members (excludes halogenated alkanes) is 1.